The fraction of sp³-hybridized carbons (Fsp3) is 0.0714. The van der Waals surface area contributed by atoms with Crippen LogP contribution in [-0.2, 0) is 4.79 Å². The minimum absolute atomic E-state index is 0.0448. The fourth-order valence-corrected chi connectivity index (χ4v) is 1.90. The summed E-state index contributed by atoms with van der Waals surface area (Å²) < 4.78 is 13.5. The molecular formula is C14H11BFNO4. The molecule has 106 valence electrons. The maximum absolute atomic E-state index is 13.5. The predicted octanol–water partition coefficient (Wildman–Crippen LogP) is 0.540. The van der Waals surface area contributed by atoms with Crippen LogP contribution in [0.4, 0.5) is 4.39 Å². The van der Waals surface area contributed by atoms with E-state index in [1.165, 1.54) is 30.4 Å². The summed E-state index contributed by atoms with van der Waals surface area (Å²) in [4.78, 5) is 22.7. The van der Waals surface area contributed by atoms with Crippen LogP contribution in [0.5, 0.6) is 0 Å². The van der Waals surface area contributed by atoms with Gasteiger partial charge in [0.15, 0.2) is 0 Å². The summed E-state index contributed by atoms with van der Waals surface area (Å²) in [7, 11) is -1.78. The first-order chi connectivity index (χ1) is 10.0. The number of rotatable bonds is 3. The van der Waals surface area contributed by atoms with Crippen LogP contribution in [0.1, 0.15) is 16.8 Å². The van der Waals surface area contributed by atoms with Crippen molar-refractivity contribution in [2.45, 2.75) is 6.42 Å². The highest BCUT2D eigenvalue weighted by molar-refractivity contribution is 6.52. The molecule has 1 aromatic rings. The smallest absolute Gasteiger partial charge is 0.423 e. The van der Waals surface area contributed by atoms with Crippen LogP contribution in [0.15, 0.2) is 53.2 Å². The molecule has 0 aliphatic heterocycles. The van der Waals surface area contributed by atoms with Crippen molar-refractivity contribution in [2.75, 3.05) is 0 Å². The van der Waals surface area contributed by atoms with E-state index in [0.717, 1.165) is 6.07 Å². The molecule has 2 rings (SSSR count). The van der Waals surface area contributed by atoms with Gasteiger partial charge in [-0.1, -0.05) is 12.1 Å². The number of halogens is 1. The summed E-state index contributed by atoms with van der Waals surface area (Å²) in [6.45, 7) is 0. The number of carbonyl (C=O) groups excluding carboxylic acids is 2. The van der Waals surface area contributed by atoms with Gasteiger partial charge in [-0.3, -0.25) is 4.79 Å². The summed E-state index contributed by atoms with van der Waals surface area (Å²) in [5.41, 5.74) is 0.316. The molecule has 0 unspecified atom stereocenters. The van der Waals surface area contributed by atoms with Gasteiger partial charge in [-0.25, -0.2) is 9.18 Å². The molecule has 3 N–H and O–H groups in total. The van der Waals surface area contributed by atoms with E-state index in [2.05, 4.69) is 5.32 Å². The first-order valence-corrected chi connectivity index (χ1v) is 6.09. The average molecular weight is 287 g/mol. The normalized spacial score (nSPS) is 14.0. The molecule has 1 amide bonds. The lowest BCUT2D eigenvalue weighted by Crippen LogP contribution is -2.27. The lowest BCUT2D eigenvalue weighted by Gasteiger charge is -2.15. The summed E-state index contributed by atoms with van der Waals surface area (Å²) in [6, 6.07) is 5.46. The van der Waals surface area contributed by atoms with Crippen molar-refractivity contribution in [1.29, 1.82) is 0 Å². The highest BCUT2D eigenvalue weighted by atomic mass is 19.1. The first kappa shape index (κ1) is 14.9. The number of carbonyl (C=O) groups is 1. The molecule has 7 heteroatoms. The summed E-state index contributed by atoms with van der Waals surface area (Å²) >= 11 is 0. The summed E-state index contributed by atoms with van der Waals surface area (Å²) in [5.74, 6) is 0.292. The topological polar surface area (TPSA) is 86.6 Å². The molecule has 5 nitrogen and oxygen atoms in total. The van der Waals surface area contributed by atoms with E-state index in [4.69, 9.17) is 10.0 Å². The monoisotopic (exact) mass is 287 g/mol. The van der Waals surface area contributed by atoms with Gasteiger partial charge in [-0.05, 0) is 29.8 Å². The van der Waals surface area contributed by atoms with Gasteiger partial charge >= 0.3 is 7.12 Å². The van der Waals surface area contributed by atoms with Gasteiger partial charge < -0.3 is 15.4 Å². The maximum atomic E-state index is 13.5. The van der Waals surface area contributed by atoms with Crippen LogP contribution in [0.2, 0.25) is 0 Å². The van der Waals surface area contributed by atoms with Crippen LogP contribution >= 0.6 is 0 Å². The molecule has 0 radical (unpaired) electrons. The van der Waals surface area contributed by atoms with Gasteiger partial charge in [0.2, 0.25) is 0 Å². The molecule has 0 heterocycles. The number of allylic oxidation sites excluding steroid dienone is 4. The number of benzene rings is 1. The van der Waals surface area contributed by atoms with E-state index in [1.54, 1.807) is 5.94 Å². The fourth-order valence-electron chi connectivity index (χ4n) is 1.90. The van der Waals surface area contributed by atoms with E-state index in [0.29, 0.717) is 0 Å². The molecule has 0 aromatic heterocycles. The van der Waals surface area contributed by atoms with Crippen molar-refractivity contribution >= 4 is 19.0 Å². The summed E-state index contributed by atoms with van der Waals surface area (Å²) in [5, 5.41) is 20.7. The zero-order valence-electron chi connectivity index (χ0n) is 10.8. The van der Waals surface area contributed by atoms with Crippen LogP contribution in [-0.4, -0.2) is 29.0 Å². The largest absolute Gasteiger partial charge is 0.488 e. The van der Waals surface area contributed by atoms with Gasteiger partial charge in [-0.15, -0.1) is 0 Å². The van der Waals surface area contributed by atoms with E-state index < -0.39 is 18.8 Å². The molecule has 0 bridgehead atoms. The number of amides is 1. The van der Waals surface area contributed by atoms with Crippen molar-refractivity contribution in [3.05, 3.63) is 64.5 Å². The predicted molar refractivity (Wildman–Crippen MR) is 74.0 cm³/mol. The summed E-state index contributed by atoms with van der Waals surface area (Å²) in [6.07, 6.45) is 2.67. The molecule has 21 heavy (non-hydrogen) atoms. The van der Waals surface area contributed by atoms with Crippen molar-refractivity contribution in [1.82, 2.24) is 5.32 Å². The van der Waals surface area contributed by atoms with Gasteiger partial charge in [0.1, 0.15) is 11.8 Å². The Labute approximate surface area is 120 Å². The van der Waals surface area contributed by atoms with Gasteiger partial charge in [0, 0.05) is 17.7 Å². The number of hydrogen-bond donors (Lipinski definition) is 3. The quantitative estimate of drug-likeness (QED) is 0.559. The SMILES string of the molecule is O=C=C1C=C(B(O)O)C=C(NC(=O)c2ccccc2F)C1. The van der Waals surface area contributed by atoms with Crippen molar-refractivity contribution in [3.63, 3.8) is 0 Å². The number of nitrogens with one attached hydrogen (secondary N) is 1. The Balaban J connectivity index is 2.23. The average Bonchev–Trinajstić information content (AvgIpc) is 2.47. The lowest BCUT2D eigenvalue weighted by atomic mass is 9.75. The lowest BCUT2D eigenvalue weighted by molar-refractivity contribution is 0.0961. The minimum atomic E-state index is -1.78. The highest BCUT2D eigenvalue weighted by Crippen LogP contribution is 2.20. The van der Waals surface area contributed by atoms with Crippen molar-refractivity contribution < 1.29 is 24.0 Å². The number of hydrogen-bond acceptors (Lipinski definition) is 4. The molecule has 1 aromatic carbocycles. The molecule has 0 saturated heterocycles. The van der Waals surface area contributed by atoms with Crippen LogP contribution < -0.4 is 5.32 Å². The first-order valence-electron chi connectivity index (χ1n) is 6.09. The zero-order valence-corrected chi connectivity index (χ0v) is 10.8. The van der Waals surface area contributed by atoms with E-state index >= 15 is 0 Å². The van der Waals surface area contributed by atoms with Crippen molar-refractivity contribution in [2.24, 2.45) is 0 Å². The molecular weight excluding hydrogens is 276 g/mol. The van der Waals surface area contributed by atoms with Crippen LogP contribution in [0.3, 0.4) is 0 Å². The molecule has 0 spiro atoms. The third-order valence-corrected chi connectivity index (χ3v) is 2.88. The Morgan fingerprint density at radius 3 is 2.62 bits per heavy atom. The Kier molecular flexibility index (Phi) is 4.50. The van der Waals surface area contributed by atoms with Gasteiger partial charge in [-0.2, -0.15) is 0 Å². The maximum Gasteiger partial charge on any atom is 0.488 e. The third-order valence-electron chi connectivity index (χ3n) is 2.88. The van der Waals surface area contributed by atoms with Gasteiger partial charge in [0.25, 0.3) is 5.91 Å². The molecule has 0 fully saturated rings. The molecule has 0 saturated carbocycles. The Morgan fingerprint density at radius 2 is 2.00 bits per heavy atom. The Morgan fingerprint density at radius 1 is 1.29 bits per heavy atom. The van der Waals surface area contributed by atoms with Crippen molar-refractivity contribution in [3.8, 4) is 0 Å². The minimum Gasteiger partial charge on any atom is -0.423 e. The second-order valence-corrected chi connectivity index (χ2v) is 4.43. The second-order valence-electron chi connectivity index (χ2n) is 4.43. The standard InChI is InChI=1S/C14H11BFNO4/c16-13-4-2-1-3-12(13)14(19)17-11-6-9(8-18)5-10(7-11)15(20)21/h1-5,7,20-21H,6H2,(H,17,19). The third kappa shape index (κ3) is 3.55. The highest BCUT2D eigenvalue weighted by Gasteiger charge is 2.21. The Bertz CT molecular complexity index is 690. The zero-order chi connectivity index (χ0) is 15.4. The second kappa shape index (κ2) is 6.32. The van der Waals surface area contributed by atoms with Crippen LogP contribution in [0, 0.1) is 5.82 Å². The van der Waals surface area contributed by atoms with Gasteiger partial charge in [0.05, 0.1) is 5.56 Å². The molecule has 1 aliphatic rings. The van der Waals surface area contributed by atoms with Crippen LogP contribution in [0.25, 0.3) is 0 Å². The van der Waals surface area contributed by atoms with E-state index in [1.807, 2.05) is 0 Å². The molecule has 0 atom stereocenters. The van der Waals surface area contributed by atoms with E-state index in [-0.39, 0.29) is 28.7 Å². The molecule has 1 aliphatic carbocycles. The Hall–Kier alpha value is -2.47. The van der Waals surface area contributed by atoms with E-state index in [9.17, 15) is 14.0 Å².